The van der Waals surface area contributed by atoms with Crippen LogP contribution < -0.4 is 0 Å². The van der Waals surface area contributed by atoms with Gasteiger partial charge in [-0.2, -0.15) is 0 Å². The molecule has 0 saturated heterocycles. The van der Waals surface area contributed by atoms with Crippen molar-refractivity contribution >= 4 is 11.9 Å². The van der Waals surface area contributed by atoms with Crippen molar-refractivity contribution in [3.05, 3.63) is 0 Å². The Hall–Kier alpha value is -1.06. The largest absolute Gasteiger partial charge is 0.481 e. The summed E-state index contributed by atoms with van der Waals surface area (Å²) < 4.78 is 5.49. The Morgan fingerprint density at radius 3 is 1.95 bits per heavy atom. The van der Waals surface area contributed by atoms with Crippen LogP contribution in [0.2, 0.25) is 0 Å². The first-order chi connectivity index (χ1) is 10.3. The number of hydrogen-bond donors (Lipinski definition) is 1. The van der Waals surface area contributed by atoms with Crippen LogP contribution in [0, 0.1) is 23.2 Å². The van der Waals surface area contributed by atoms with Crippen molar-refractivity contribution in [3.63, 3.8) is 0 Å². The van der Waals surface area contributed by atoms with Gasteiger partial charge in [-0.1, -0.05) is 60.8 Å². The molecular formula is C18H34O4. The molecular weight excluding hydrogens is 280 g/mol. The predicted octanol–water partition coefficient (Wildman–Crippen LogP) is 4.52. The summed E-state index contributed by atoms with van der Waals surface area (Å²) in [5, 5.41) is 9.74. The van der Waals surface area contributed by atoms with Crippen LogP contribution in [0.25, 0.3) is 0 Å². The Morgan fingerprint density at radius 1 is 1.05 bits per heavy atom. The average molecular weight is 314 g/mol. The number of esters is 1. The quantitative estimate of drug-likeness (QED) is 0.450. The molecule has 0 rings (SSSR count). The molecule has 0 spiro atoms. The summed E-state index contributed by atoms with van der Waals surface area (Å²) in [6.07, 6.45) is 4.09. The molecule has 2 atom stereocenters. The fourth-order valence-electron chi connectivity index (χ4n) is 3.28. The van der Waals surface area contributed by atoms with Crippen LogP contribution in [0.4, 0.5) is 0 Å². The minimum Gasteiger partial charge on any atom is -0.481 e. The average Bonchev–Trinajstić information content (AvgIpc) is 2.41. The molecule has 0 aliphatic heterocycles. The third-order valence-electron chi connectivity index (χ3n) is 4.57. The molecule has 0 amide bonds. The molecule has 0 fully saturated rings. The van der Waals surface area contributed by atoms with Crippen molar-refractivity contribution in [2.45, 2.75) is 73.6 Å². The van der Waals surface area contributed by atoms with Gasteiger partial charge in [0.2, 0.25) is 0 Å². The minimum absolute atomic E-state index is 0.0725. The highest BCUT2D eigenvalue weighted by molar-refractivity contribution is 5.85. The molecule has 4 heteroatoms. The van der Waals surface area contributed by atoms with E-state index in [2.05, 4.69) is 6.92 Å². The Balaban J connectivity index is 5.66. The van der Waals surface area contributed by atoms with Gasteiger partial charge in [0, 0.05) is 0 Å². The Bertz CT molecular complexity index is 349. The summed E-state index contributed by atoms with van der Waals surface area (Å²) in [5.41, 5.74) is -0.941. The van der Waals surface area contributed by atoms with Crippen molar-refractivity contribution in [1.82, 2.24) is 0 Å². The number of carboxylic acid groups (broad SMARTS) is 1. The predicted molar refractivity (Wildman–Crippen MR) is 88.6 cm³/mol. The summed E-state index contributed by atoms with van der Waals surface area (Å²) >= 11 is 0. The molecule has 4 nitrogen and oxygen atoms in total. The second-order valence-corrected chi connectivity index (χ2v) is 6.85. The van der Waals surface area contributed by atoms with Crippen LogP contribution in [0.1, 0.15) is 73.6 Å². The zero-order valence-electron chi connectivity index (χ0n) is 15.1. The Kier molecular flexibility index (Phi) is 9.38. The van der Waals surface area contributed by atoms with Gasteiger partial charge in [0.15, 0.2) is 0 Å². The van der Waals surface area contributed by atoms with E-state index >= 15 is 0 Å². The van der Waals surface area contributed by atoms with E-state index in [-0.39, 0.29) is 17.8 Å². The highest BCUT2D eigenvalue weighted by Crippen LogP contribution is 2.45. The highest BCUT2D eigenvalue weighted by atomic mass is 16.5. The third-order valence-corrected chi connectivity index (χ3v) is 4.57. The van der Waals surface area contributed by atoms with E-state index in [1.807, 2.05) is 34.6 Å². The van der Waals surface area contributed by atoms with Crippen LogP contribution in [0.15, 0.2) is 0 Å². The number of hydrogen-bond acceptors (Lipinski definition) is 3. The maximum absolute atomic E-state index is 12.9. The zero-order valence-corrected chi connectivity index (χ0v) is 15.1. The van der Waals surface area contributed by atoms with E-state index in [1.54, 1.807) is 0 Å². The van der Waals surface area contributed by atoms with Gasteiger partial charge in [-0.05, 0) is 24.7 Å². The third kappa shape index (κ3) is 4.99. The van der Waals surface area contributed by atoms with Crippen LogP contribution in [-0.4, -0.2) is 23.7 Å². The molecule has 0 aromatic carbocycles. The lowest BCUT2D eigenvalue weighted by atomic mass is 9.61. The van der Waals surface area contributed by atoms with Gasteiger partial charge >= 0.3 is 11.9 Å². The molecule has 22 heavy (non-hydrogen) atoms. The lowest BCUT2D eigenvalue weighted by Crippen LogP contribution is -2.49. The van der Waals surface area contributed by atoms with Crippen molar-refractivity contribution in [1.29, 1.82) is 0 Å². The van der Waals surface area contributed by atoms with E-state index in [0.29, 0.717) is 13.0 Å². The Morgan fingerprint density at radius 2 is 1.59 bits per heavy atom. The van der Waals surface area contributed by atoms with Gasteiger partial charge in [-0.3, -0.25) is 9.59 Å². The number of ether oxygens (including phenoxy) is 1. The van der Waals surface area contributed by atoms with Crippen LogP contribution in [0.3, 0.4) is 0 Å². The highest BCUT2D eigenvalue weighted by Gasteiger charge is 2.53. The molecule has 130 valence electrons. The van der Waals surface area contributed by atoms with Gasteiger partial charge in [-0.25, -0.2) is 0 Å². The topological polar surface area (TPSA) is 63.6 Å². The maximum atomic E-state index is 12.9. The van der Waals surface area contributed by atoms with Gasteiger partial charge in [0.25, 0.3) is 0 Å². The monoisotopic (exact) mass is 314 g/mol. The van der Waals surface area contributed by atoms with Gasteiger partial charge < -0.3 is 9.84 Å². The second-order valence-electron chi connectivity index (χ2n) is 6.85. The first kappa shape index (κ1) is 20.9. The number of rotatable bonds is 11. The normalized spacial score (nSPS) is 15.6. The van der Waals surface area contributed by atoms with Gasteiger partial charge in [0.1, 0.15) is 0 Å². The smallest absolute Gasteiger partial charge is 0.313 e. The molecule has 0 saturated carbocycles. The fraction of sp³-hybridized carbons (Fsp3) is 0.889. The van der Waals surface area contributed by atoms with Gasteiger partial charge in [-0.15, -0.1) is 0 Å². The zero-order chi connectivity index (χ0) is 17.3. The van der Waals surface area contributed by atoms with Crippen LogP contribution in [0.5, 0.6) is 0 Å². The lowest BCUT2D eigenvalue weighted by Gasteiger charge is -2.41. The first-order valence-electron chi connectivity index (χ1n) is 8.65. The molecule has 0 bridgehead atoms. The number of unbranched alkanes of at least 4 members (excludes halogenated alkanes) is 2. The summed E-state index contributed by atoms with van der Waals surface area (Å²) in [5.74, 6) is -2.13. The SMILES string of the molecule is CCCCOC(=O)C(CCCC)(C(C)C)C(C(=O)O)C(C)C. The molecule has 1 N–H and O–H groups in total. The van der Waals surface area contributed by atoms with Crippen molar-refractivity contribution in [2.24, 2.45) is 23.2 Å². The standard InChI is InChI=1S/C18H34O4/c1-7-9-11-18(14(5)6,15(13(3)4)16(19)20)17(21)22-12-10-8-2/h13-15H,7-12H2,1-6H3,(H,19,20). The number of aliphatic carboxylic acids is 1. The van der Waals surface area contributed by atoms with Crippen molar-refractivity contribution in [3.8, 4) is 0 Å². The molecule has 0 aromatic heterocycles. The fourth-order valence-corrected chi connectivity index (χ4v) is 3.28. The van der Waals surface area contributed by atoms with Crippen LogP contribution >= 0.6 is 0 Å². The second kappa shape index (κ2) is 9.86. The summed E-state index contributed by atoms with van der Waals surface area (Å²) in [6, 6.07) is 0. The van der Waals surface area contributed by atoms with Crippen LogP contribution in [-0.2, 0) is 14.3 Å². The van der Waals surface area contributed by atoms with E-state index in [4.69, 9.17) is 4.74 Å². The van der Waals surface area contributed by atoms with E-state index in [1.165, 1.54) is 0 Å². The summed E-state index contributed by atoms with van der Waals surface area (Å²) in [7, 11) is 0. The maximum Gasteiger partial charge on any atom is 0.313 e. The molecule has 0 aliphatic carbocycles. The molecule has 0 aromatic rings. The lowest BCUT2D eigenvalue weighted by molar-refractivity contribution is -0.175. The molecule has 0 radical (unpaired) electrons. The number of carboxylic acids is 1. The number of carbonyl (C=O) groups is 2. The molecule has 0 heterocycles. The van der Waals surface area contributed by atoms with E-state index in [9.17, 15) is 14.7 Å². The molecule has 0 aliphatic rings. The van der Waals surface area contributed by atoms with E-state index < -0.39 is 17.3 Å². The first-order valence-corrected chi connectivity index (χ1v) is 8.65. The minimum atomic E-state index is -0.941. The van der Waals surface area contributed by atoms with Gasteiger partial charge in [0.05, 0.1) is 17.9 Å². The molecule has 2 unspecified atom stereocenters. The van der Waals surface area contributed by atoms with Crippen molar-refractivity contribution < 1.29 is 19.4 Å². The number of carbonyl (C=O) groups excluding carboxylic acids is 1. The summed E-state index contributed by atoms with van der Waals surface area (Å²) in [6.45, 7) is 12.1. The van der Waals surface area contributed by atoms with Crippen molar-refractivity contribution in [2.75, 3.05) is 6.61 Å². The summed E-state index contributed by atoms with van der Waals surface area (Å²) in [4.78, 5) is 24.7. The van der Waals surface area contributed by atoms with E-state index in [0.717, 1.165) is 25.7 Å². The Labute approximate surface area is 135 Å².